The lowest BCUT2D eigenvalue weighted by Gasteiger charge is -2.05. The molecule has 5 heteroatoms. The topological polar surface area (TPSA) is 70.7 Å². The van der Waals surface area contributed by atoms with Gasteiger partial charge in [0.15, 0.2) is 0 Å². The Kier molecular flexibility index (Phi) is 3.83. The van der Waals surface area contributed by atoms with Crippen molar-refractivity contribution >= 4 is 21.9 Å². The third kappa shape index (κ3) is 2.69. The van der Waals surface area contributed by atoms with Crippen molar-refractivity contribution < 1.29 is 14.6 Å². The molecular formula is C12H13O4S+. The summed E-state index contributed by atoms with van der Waals surface area (Å²) in [4.78, 5) is 11.4. The summed E-state index contributed by atoms with van der Waals surface area (Å²) in [6.45, 7) is 0. The van der Waals surface area contributed by atoms with Crippen LogP contribution in [-0.2, 0) is 16.6 Å². The number of aliphatic hydroxyl groups is 2. The molecule has 0 spiro atoms. The zero-order valence-corrected chi connectivity index (χ0v) is 9.94. The van der Waals surface area contributed by atoms with Crippen LogP contribution in [-0.4, -0.2) is 22.1 Å². The van der Waals surface area contributed by atoms with Crippen LogP contribution in [0.25, 0.3) is 11.0 Å². The Bertz CT molecular complexity index is 560. The normalized spacial score (nSPS) is 11.2. The highest BCUT2D eigenvalue weighted by Crippen LogP contribution is 2.19. The molecule has 4 nitrogen and oxygen atoms in total. The zero-order valence-electron chi connectivity index (χ0n) is 9.13. The predicted molar refractivity (Wildman–Crippen MR) is 67.7 cm³/mol. The average molecular weight is 253 g/mol. The molecule has 0 aliphatic rings. The molecular weight excluding hydrogens is 240 g/mol. The van der Waals surface area contributed by atoms with Gasteiger partial charge in [0, 0.05) is 27.9 Å². The largest absolute Gasteiger partial charge is 0.423 e. The van der Waals surface area contributed by atoms with Crippen molar-refractivity contribution in [1.29, 1.82) is 0 Å². The Labute approximate surface area is 101 Å². The van der Waals surface area contributed by atoms with E-state index in [0.717, 1.165) is 10.9 Å². The maximum absolute atomic E-state index is 11.4. The van der Waals surface area contributed by atoms with Crippen LogP contribution in [0.4, 0.5) is 0 Å². The van der Waals surface area contributed by atoms with Gasteiger partial charge in [-0.3, -0.25) is 0 Å². The van der Waals surface area contributed by atoms with Crippen LogP contribution in [0.1, 0.15) is 5.56 Å². The second-order valence-corrected chi connectivity index (χ2v) is 5.63. The summed E-state index contributed by atoms with van der Waals surface area (Å²) in [6.07, 6.45) is 0. The summed E-state index contributed by atoms with van der Waals surface area (Å²) >= 11 is 0. The first-order valence-electron chi connectivity index (χ1n) is 5.12. The molecule has 0 fully saturated rings. The van der Waals surface area contributed by atoms with E-state index in [9.17, 15) is 4.79 Å². The minimum absolute atomic E-state index is 0.0783. The molecule has 2 N–H and O–H groups in total. The van der Waals surface area contributed by atoms with Crippen molar-refractivity contribution in [3.63, 3.8) is 0 Å². The minimum Gasteiger partial charge on any atom is -0.423 e. The van der Waals surface area contributed by atoms with E-state index in [0.29, 0.717) is 11.3 Å². The standard InChI is InChI=1S/C12H13O4S/c13-7-17(8-14)6-9-5-12(15)16-11-4-2-1-3-10(9)11/h1-5,13-14H,6-8H2/q+1. The van der Waals surface area contributed by atoms with E-state index < -0.39 is 16.5 Å². The van der Waals surface area contributed by atoms with E-state index in [-0.39, 0.29) is 11.9 Å². The Hall–Kier alpha value is -1.30. The van der Waals surface area contributed by atoms with Gasteiger partial charge < -0.3 is 14.6 Å². The molecule has 0 saturated heterocycles. The molecule has 0 saturated carbocycles. The van der Waals surface area contributed by atoms with Crippen molar-refractivity contribution in [2.24, 2.45) is 0 Å². The number of aliphatic hydroxyl groups excluding tert-OH is 2. The fourth-order valence-electron chi connectivity index (χ4n) is 1.65. The van der Waals surface area contributed by atoms with Crippen LogP contribution < -0.4 is 5.63 Å². The van der Waals surface area contributed by atoms with Gasteiger partial charge in [-0.15, -0.1) is 0 Å². The van der Waals surface area contributed by atoms with Gasteiger partial charge in [0.1, 0.15) is 11.3 Å². The average Bonchev–Trinajstić information content (AvgIpc) is 2.35. The summed E-state index contributed by atoms with van der Waals surface area (Å²) in [5.41, 5.74) is 0.941. The molecule has 0 radical (unpaired) electrons. The van der Waals surface area contributed by atoms with Gasteiger partial charge in [0.2, 0.25) is 11.9 Å². The highest BCUT2D eigenvalue weighted by Gasteiger charge is 2.18. The SMILES string of the molecule is O=c1cc(C[S+](CO)CO)c2ccccc2o1. The molecule has 1 heterocycles. The van der Waals surface area contributed by atoms with Gasteiger partial charge in [-0.25, -0.2) is 4.79 Å². The molecule has 0 atom stereocenters. The van der Waals surface area contributed by atoms with Gasteiger partial charge in [-0.2, -0.15) is 0 Å². The molecule has 2 aromatic rings. The second-order valence-electron chi connectivity index (χ2n) is 3.60. The molecule has 0 unspecified atom stereocenters. The van der Waals surface area contributed by atoms with Gasteiger partial charge in [-0.1, -0.05) is 18.2 Å². The number of fused-ring (bicyclic) bond motifs is 1. The summed E-state index contributed by atoms with van der Waals surface area (Å²) < 4.78 is 5.07. The lowest BCUT2D eigenvalue weighted by atomic mass is 10.1. The molecule has 0 aliphatic carbocycles. The molecule has 0 bridgehead atoms. The van der Waals surface area contributed by atoms with Crippen LogP contribution in [0, 0.1) is 0 Å². The fraction of sp³-hybridized carbons (Fsp3) is 0.250. The summed E-state index contributed by atoms with van der Waals surface area (Å²) in [5.74, 6) is 0.329. The van der Waals surface area contributed by atoms with Crippen molar-refractivity contribution in [2.75, 3.05) is 11.9 Å². The number of benzene rings is 1. The van der Waals surface area contributed by atoms with Gasteiger partial charge in [0.05, 0.1) is 0 Å². The Morgan fingerprint density at radius 3 is 2.59 bits per heavy atom. The zero-order chi connectivity index (χ0) is 12.3. The summed E-state index contributed by atoms with van der Waals surface area (Å²) in [6, 6.07) is 8.68. The number of hydrogen-bond donors (Lipinski definition) is 2. The summed E-state index contributed by atoms with van der Waals surface area (Å²) in [5, 5.41) is 19.0. The molecule has 0 aliphatic heterocycles. The number of para-hydroxylation sites is 1. The molecule has 17 heavy (non-hydrogen) atoms. The number of hydrogen-bond acceptors (Lipinski definition) is 4. The lowest BCUT2D eigenvalue weighted by molar-refractivity contribution is 0.347. The van der Waals surface area contributed by atoms with Crippen LogP contribution in [0.2, 0.25) is 0 Å². The van der Waals surface area contributed by atoms with E-state index in [1.807, 2.05) is 12.1 Å². The first kappa shape index (κ1) is 12.2. The highest BCUT2D eigenvalue weighted by molar-refractivity contribution is 7.95. The molecule has 0 amide bonds. The van der Waals surface area contributed by atoms with Crippen molar-refractivity contribution in [2.45, 2.75) is 5.75 Å². The van der Waals surface area contributed by atoms with E-state index in [1.54, 1.807) is 12.1 Å². The smallest absolute Gasteiger partial charge is 0.336 e. The van der Waals surface area contributed by atoms with Gasteiger partial charge in [-0.05, 0) is 6.07 Å². The van der Waals surface area contributed by atoms with Crippen molar-refractivity contribution in [1.82, 2.24) is 0 Å². The first-order valence-corrected chi connectivity index (χ1v) is 6.85. The van der Waals surface area contributed by atoms with Crippen LogP contribution in [0.5, 0.6) is 0 Å². The monoisotopic (exact) mass is 253 g/mol. The van der Waals surface area contributed by atoms with Crippen LogP contribution in [0.3, 0.4) is 0 Å². The fourth-order valence-corrected chi connectivity index (χ4v) is 2.59. The number of rotatable bonds is 4. The van der Waals surface area contributed by atoms with E-state index >= 15 is 0 Å². The minimum atomic E-state index is -0.523. The quantitative estimate of drug-likeness (QED) is 0.625. The van der Waals surface area contributed by atoms with E-state index in [2.05, 4.69) is 0 Å². The van der Waals surface area contributed by atoms with Crippen LogP contribution in [0.15, 0.2) is 39.5 Å². The lowest BCUT2D eigenvalue weighted by Crippen LogP contribution is -2.15. The molecule has 90 valence electrons. The van der Waals surface area contributed by atoms with E-state index in [4.69, 9.17) is 14.6 Å². The van der Waals surface area contributed by atoms with Crippen molar-refractivity contribution in [3.05, 3.63) is 46.3 Å². The third-order valence-corrected chi connectivity index (χ3v) is 3.91. The Morgan fingerprint density at radius 1 is 1.18 bits per heavy atom. The highest BCUT2D eigenvalue weighted by atomic mass is 32.2. The van der Waals surface area contributed by atoms with Gasteiger partial charge in [0.25, 0.3) is 0 Å². The maximum atomic E-state index is 11.4. The second kappa shape index (κ2) is 5.35. The van der Waals surface area contributed by atoms with Crippen molar-refractivity contribution in [3.8, 4) is 0 Å². The van der Waals surface area contributed by atoms with Gasteiger partial charge >= 0.3 is 5.63 Å². The maximum Gasteiger partial charge on any atom is 0.336 e. The third-order valence-electron chi connectivity index (χ3n) is 2.46. The Balaban J connectivity index is 2.48. The Morgan fingerprint density at radius 2 is 1.88 bits per heavy atom. The molecule has 1 aromatic carbocycles. The van der Waals surface area contributed by atoms with E-state index in [1.165, 1.54) is 6.07 Å². The first-order chi connectivity index (χ1) is 8.24. The molecule has 1 aromatic heterocycles. The van der Waals surface area contributed by atoms with Crippen LogP contribution >= 0.6 is 0 Å². The predicted octanol–water partition coefficient (Wildman–Crippen LogP) is 0.811. The summed E-state index contributed by atoms with van der Waals surface area (Å²) in [7, 11) is -0.523. The molecule has 2 rings (SSSR count).